The molecule has 51 heavy (non-hydrogen) atoms. The quantitative estimate of drug-likeness (QED) is 0.182. The molecule has 7 rings (SSSR count). The number of rotatable bonds is 5. The van der Waals surface area contributed by atoms with Gasteiger partial charge in [0.15, 0.2) is 0 Å². The van der Waals surface area contributed by atoms with E-state index in [1.165, 1.54) is 67.3 Å². The first-order valence-electron chi connectivity index (χ1n) is 17.1. The van der Waals surface area contributed by atoms with Crippen molar-refractivity contribution in [1.82, 2.24) is 0 Å². The summed E-state index contributed by atoms with van der Waals surface area (Å²) in [6, 6.07) is 41.4. The summed E-state index contributed by atoms with van der Waals surface area (Å²) in [6.07, 6.45) is 4.07. The monoisotopic (exact) mass is 802 g/mol. The molecule has 3 nitrogen and oxygen atoms in total. The van der Waals surface area contributed by atoms with E-state index in [4.69, 9.17) is 14.9 Å². The van der Waals surface area contributed by atoms with Crippen LogP contribution in [0.5, 0.6) is 11.5 Å². The van der Waals surface area contributed by atoms with E-state index in [-0.39, 0.29) is 18.5 Å². The van der Waals surface area contributed by atoms with Gasteiger partial charge in [0.2, 0.25) is 0 Å². The van der Waals surface area contributed by atoms with Crippen LogP contribution in [0, 0.1) is 27.7 Å². The SMILES string of the molecule is C=Cc1cccc(-c2c(C)cccc2C)c1.Cc1cccc(C)c1-c1cccc(C2CCc3cc(Br)ccc3O2)c1.OCc1cc(Br)ccc1O. The van der Waals surface area contributed by atoms with Crippen molar-refractivity contribution in [2.75, 3.05) is 0 Å². The zero-order chi connectivity index (χ0) is 36.5. The van der Waals surface area contributed by atoms with Crippen LogP contribution in [0.15, 0.2) is 137 Å². The predicted octanol–water partition coefficient (Wildman–Crippen LogP) is 13.1. The number of halogens is 2. The molecule has 5 heteroatoms. The van der Waals surface area contributed by atoms with Crippen LogP contribution < -0.4 is 4.74 Å². The van der Waals surface area contributed by atoms with Crippen molar-refractivity contribution in [2.24, 2.45) is 0 Å². The summed E-state index contributed by atoms with van der Waals surface area (Å²) in [6.45, 7) is 12.3. The Morgan fingerprint density at radius 3 is 1.82 bits per heavy atom. The van der Waals surface area contributed by atoms with E-state index in [1.54, 1.807) is 12.1 Å². The summed E-state index contributed by atoms with van der Waals surface area (Å²) in [5, 5.41) is 17.7. The number of hydrogen-bond donors (Lipinski definition) is 2. The van der Waals surface area contributed by atoms with E-state index in [2.05, 4.69) is 163 Å². The van der Waals surface area contributed by atoms with Crippen LogP contribution in [-0.2, 0) is 13.0 Å². The number of benzene rings is 6. The molecule has 0 spiro atoms. The Labute approximate surface area is 319 Å². The molecule has 1 unspecified atom stereocenters. The molecule has 0 saturated heterocycles. The first-order chi connectivity index (χ1) is 24.6. The third-order valence-electron chi connectivity index (χ3n) is 9.10. The van der Waals surface area contributed by atoms with Crippen LogP contribution in [0.2, 0.25) is 0 Å². The van der Waals surface area contributed by atoms with Gasteiger partial charge in [-0.05, 0) is 150 Å². The molecule has 0 aliphatic carbocycles. The van der Waals surface area contributed by atoms with Crippen LogP contribution in [0.3, 0.4) is 0 Å². The number of ether oxygens (including phenoxy) is 1. The average molecular weight is 805 g/mol. The molecule has 6 aromatic carbocycles. The molecule has 1 aliphatic heterocycles. The number of phenols is 1. The minimum Gasteiger partial charge on any atom is -0.508 e. The number of aliphatic hydroxyl groups excluding tert-OH is 1. The second-order valence-electron chi connectivity index (χ2n) is 12.8. The van der Waals surface area contributed by atoms with Crippen molar-refractivity contribution in [2.45, 2.75) is 53.2 Å². The van der Waals surface area contributed by atoms with Crippen LogP contribution in [0.4, 0.5) is 0 Å². The lowest BCUT2D eigenvalue weighted by Crippen LogP contribution is -2.15. The predicted molar refractivity (Wildman–Crippen MR) is 220 cm³/mol. The third-order valence-corrected chi connectivity index (χ3v) is 10.1. The second-order valence-corrected chi connectivity index (χ2v) is 14.6. The normalized spacial score (nSPS) is 13.0. The Hall–Kier alpha value is -4.42. The summed E-state index contributed by atoms with van der Waals surface area (Å²) in [4.78, 5) is 0. The zero-order valence-electron chi connectivity index (χ0n) is 29.6. The Balaban J connectivity index is 0.000000166. The second kappa shape index (κ2) is 17.7. The van der Waals surface area contributed by atoms with E-state index in [1.807, 2.05) is 12.1 Å². The average Bonchev–Trinajstić information content (AvgIpc) is 3.13. The molecule has 0 fully saturated rings. The molecule has 0 saturated carbocycles. The van der Waals surface area contributed by atoms with Crippen molar-refractivity contribution < 1.29 is 14.9 Å². The van der Waals surface area contributed by atoms with E-state index in [0.29, 0.717) is 5.56 Å². The molecule has 0 radical (unpaired) electrons. The summed E-state index contributed by atoms with van der Waals surface area (Å²) < 4.78 is 8.28. The van der Waals surface area contributed by atoms with Crippen molar-refractivity contribution in [1.29, 1.82) is 0 Å². The summed E-state index contributed by atoms with van der Waals surface area (Å²) in [5.41, 5.74) is 14.7. The molecule has 1 atom stereocenters. The Bertz CT molecular complexity index is 2090. The topological polar surface area (TPSA) is 49.7 Å². The molecule has 1 heterocycles. The third kappa shape index (κ3) is 9.68. The highest BCUT2D eigenvalue weighted by Gasteiger charge is 2.22. The highest BCUT2D eigenvalue weighted by atomic mass is 79.9. The van der Waals surface area contributed by atoms with Gasteiger partial charge < -0.3 is 14.9 Å². The van der Waals surface area contributed by atoms with E-state index in [0.717, 1.165) is 27.5 Å². The number of aromatic hydroxyl groups is 1. The molecule has 0 amide bonds. The van der Waals surface area contributed by atoms with Gasteiger partial charge in [-0.3, -0.25) is 0 Å². The van der Waals surface area contributed by atoms with Crippen molar-refractivity contribution in [3.8, 4) is 33.8 Å². The van der Waals surface area contributed by atoms with Gasteiger partial charge in [0.25, 0.3) is 0 Å². The van der Waals surface area contributed by atoms with Crippen LogP contribution >= 0.6 is 31.9 Å². The number of aliphatic hydroxyl groups is 1. The fourth-order valence-corrected chi connectivity index (χ4v) is 7.34. The van der Waals surface area contributed by atoms with Crippen molar-refractivity contribution in [3.63, 3.8) is 0 Å². The number of fused-ring (bicyclic) bond motifs is 1. The maximum atomic E-state index is 9.05. The van der Waals surface area contributed by atoms with Gasteiger partial charge >= 0.3 is 0 Å². The molecular weight excluding hydrogens is 760 g/mol. The van der Waals surface area contributed by atoms with Gasteiger partial charge in [-0.2, -0.15) is 0 Å². The van der Waals surface area contributed by atoms with Gasteiger partial charge in [-0.15, -0.1) is 0 Å². The van der Waals surface area contributed by atoms with Crippen LogP contribution in [-0.4, -0.2) is 10.2 Å². The van der Waals surface area contributed by atoms with E-state index < -0.39 is 0 Å². The lowest BCUT2D eigenvalue weighted by molar-refractivity contribution is 0.176. The van der Waals surface area contributed by atoms with E-state index in [9.17, 15) is 0 Å². The van der Waals surface area contributed by atoms with Gasteiger partial charge in [0.05, 0.1) is 6.61 Å². The van der Waals surface area contributed by atoms with Gasteiger partial charge in [0, 0.05) is 14.5 Å². The Morgan fingerprint density at radius 2 is 1.24 bits per heavy atom. The van der Waals surface area contributed by atoms with Gasteiger partial charge in [-0.25, -0.2) is 0 Å². The van der Waals surface area contributed by atoms with Gasteiger partial charge in [0.1, 0.15) is 17.6 Å². The van der Waals surface area contributed by atoms with E-state index >= 15 is 0 Å². The maximum absolute atomic E-state index is 9.05. The Kier molecular flexibility index (Phi) is 13.1. The summed E-state index contributed by atoms with van der Waals surface area (Å²) in [7, 11) is 0. The van der Waals surface area contributed by atoms with Crippen molar-refractivity contribution in [3.05, 3.63) is 181 Å². The Morgan fingerprint density at radius 1 is 0.686 bits per heavy atom. The lowest BCUT2D eigenvalue weighted by atomic mass is 9.92. The fraction of sp³-hybridized carbons (Fsp3) is 0.174. The van der Waals surface area contributed by atoms with Crippen LogP contribution in [0.25, 0.3) is 28.3 Å². The first kappa shape index (κ1) is 37.8. The molecule has 0 aromatic heterocycles. The standard InChI is InChI=1S/C23H21BrO.C16H16.C7H7BrO2/c1-15-5-3-6-16(2)23(15)19-8-4-7-17(13-19)21-11-9-18-14-20(24)10-12-22(18)25-21;1-4-14-9-6-10-15(11-14)16-12(2)7-5-8-13(16)3;8-6-1-2-7(10)5(3-6)4-9/h3-8,10,12-14,21H,9,11H2,1-2H3;4-11H,1H2,2-3H3;1-3,9-10H,4H2. The fourth-order valence-electron chi connectivity index (χ4n) is 6.53. The zero-order valence-corrected chi connectivity index (χ0v) is 32.8. The van der Waals surface area contributed by atoms with Crippen LogP contribution in [0.1, 0.15) is 57.0 Å². The molecule has 2 N–H and O–H groups in total. The highest BCUT2D eigenvalue weighted by molar-refractivity contribution is 9.10. The minimum atomic E-state index is -0.134. The number of hydrogen-bond acceptors (Lipinski definition) is 3. The first-order valence-corrected chi connectivity index (χ1v) is 18.7. The molecular formula is C46H44Br2O3. The molecule has 1 aliphatic rings. The summed E-state index contributed by atoms with van der Waals surface area (Å²) in [5.74, 6) is 1.14. The lowest BCUT2D eigenvalue weighted by Gasteiger charge is -2.27. The van der Waals surface area contributed by atoms with Crippen molar-refractivity contribution >= 4 is 37.9 Å². The largest absolute Gasteiger partial charge is 0.508 e. The maximum Gasteiger partial charge on any atom is 0.124 e. The number of aryl methyl sites for hydroxylation is 5. The molecule has 260 valence electrons. The highest BCUT2D eigenvalue weighted by Crippen LogP contribution is 2.38. The summed E-state index contributed by atoms with van der Waals surface area (Å²) >= 11 is 6.76. The smallest absolute Gasteiger partial charge is 0.124 e. The van der Waals surface area contributed by atoms with Gasteiger partial charge in [-0.1, -0.05) is 117 Å². The molecule has 0 bridgehead atoms. The minimum absolute atomic E-state index is 0.123. The molecule has 6 aromatic rings.